The van der Waals surface area contributed by atoms with Crippen LogP contribution in [0.1, 0.15) is 34.1 Å². The standard InChI is InChI=1S/C17H28N2O3/c1-5-13(16(20)22-17(2,3)4)12-19-10-11-21-15-8-6-14(18)7-9-15/h6-9,13,19H,5,10-12,18H2,1-4H3. The Labute approximate surface area is 133 Å². The van der Waals surface area contributed by atoms with Gasteiger partial charge < -0.3 is 20.5 Å². The molecular weight excluding hydrogens is 280 g/mol. The topological polar surface area (TPSA) is 73.6 Å². The van der Waals surface area contributed by atoms with E-state index in [0.717, 1.165) is 12.2 Å². The van der Waals surface area contributed by atoms with Crippen LogP contribution in [-0.2, 0) is 9.53 Å². The van der Waals surface area contributed by atoms with Gasteiger partial charge >= 0.3 is 5.97 Å². The molecule has 0 saturated heterocycles. The van der Waals surface area contributed by atoms with Crippen LogP contribution >= 0.6 is 0 Å². The highest BCUT2D eigenvalue weighted by atomic mass is 16.6. The van der Waals surface area contributed by atoms with E-state index in [4.69, 9.17) is 15.2 Å². The van der Waals surface area contributed by atoms with Gasteiger partial charge in [-0.15, -0.1) is 0 Å². The van der Waals surface area contributed by atoms with Crippen molar-refractivity contribution in [2.24, 2.45) is 5.92 Å². The number of hydrogen-bond acceptors (Lipinski definition) is 5. The Morgan fingerprint density at radius 3 is 2.45 bits per heavy atom. The quantitative estimate of drug-likeness (QED) is 0.439. The van der Waals surface area contributed by atoms with E-state index in [9.17, 15) is 4.79 Å². The summed E-state index contributed by atoms with van der Waals surface area (Å²) in [6, 6.07) is 7.28. The first-order chi connectivity index (χ1) is 10.3. The van der Waals surface area contributed by atoms with Crippen molar-refractivity contribution in [1.29, 1.82) is 0 Å². The van der Waals surface area contributed by atoms with Crippen LogP contribution in [-0.4, -0.2) is 31.3 Å². The van der Waals surface area contributed by atoms with Crippen molar-refractivity contribution in [2.75, 3.05) is 25.4 Å². The molecule has 0 aromatic heterocycles. The van der Waals surface area contributed by atoms with Crippen LogP contribution in [0, 0.1) is 5.92 Å². The number of benzene rings is 1. The number of carbonyl (C=O) groups is 1. The summed E-state index contributed by atoms with van der Waals surface area (Å²) < 4.78 is 11.0. The second-order valence-corrected chi connectivity index (χ2v) is 6.26. The highest BCUT2D eigenvalue weighted by molar-refractivity contribution is 5.73. The summed E-state index contributed by atoms with van der Waals surface area (Å²) in [5, 5.41) is 3.23. The van der Waals surface area contributed by atoms with Gasteiger partial charge in [-0.05, 0) is 51.5 Å². The second-order valence-electron chi connectivity index (χ2n) is 6.26. The smallest absolute Gasteiger partial charge is 0.310 e. The Morgan fingerprint density at radius 2 is 1.91 bits per heavy atom. The highest BCUT2D eigenvalue weighted by Crippen LogP contribution is 2.14. The molecule has 0 saturated carbocycles. The summed E-state index contributed by atoms with van der Waals surface area (Å²) in [7, 11) is 0. The molecule has 0 spiro atoms. The molecule has 124 valence electrons. The molecule has 22 heavy (non-hydrogen) atoms. The van der Waals surface area contributed by atoms with E-state index in [1.165, 1.54) is 0 Å². The minimum Gasteiger partial charge on any atom is -0.492 e. The molecule has 5 heteroatoms. The first kappa shape index (κ1) is 18.3. The molecule has 0 radical (unpaired) electrons. The number of carbonyl (C=O) groups excluding carboxylic acids is 1. The zero-order valence-electron chi connectivity index (χ0n) is 14.0. The Hall–Kier alpha value is -1.75. The number of nitrogen functional groups attached to an aromatic ring is 1. The van der Waals surface area contributed by atoms with Crippen molar-refractivity contribution in [3.8, 4) is 5.75 Å². The third-order valence-electron chi connectivity index (χ3n) is 3.05. The molecule has 1 aromatic carbocycles. The van der Waals surface area contributed by atoms with E-state index >= 15 is 0 Å². The SMILES string of the molecule is CCC(CNCCOc1ccc(N)cc1)C(=O)OC(C)(C)C. The van der Waals surface area contributed by atoms with Gasteiger partial charge in [0.15, 0.2) is 0 Å². The number of hydrogen-bond donors (Lipinski definition) is 2. The van der Waals surface area contributed by atoms with Crippen LogP contribution in [0.2, 0.25) is 0 Å². The highest BCUT2D eigenvalue weighted by Gasteiger charge is 2.23. The van der Waals surface area contributed by atoms with Crippen molar-refractivity contribution in [3.63, 3.8) is 0 Å². The molecule has 0 amide bonds. The molecule has 0 bridgehead atoms. The zero-order chi connectivity index (χ0) is 16.6. The number of nitrogens with one attached hydrogen (secondary N) is 1. The van der Waals surface area contributed by atoms with Crippen molar-refractivity contribution in [3.05, 3.63) is 24.3 Å². The van der Waals surface area contributed by atoms with Gasteiger partial charge in [-0.1, -0.05) is 6.92 Å². The average molecular weight is 308 g/mol. The monoisotopic (exact) mass is 308 g/mol. The third-order valence-corrected chi connectivity index (χ3v) is 3.05. The number of rotatable bonds is 8. The lowest BCUT2D eigenvalue weighted by Gasteiger charge is -2.23. The van der Waals surface area contributed by atoms with Gasteiger partial charge in [0, 0.05) is 18.8 Å². The van der Waals surface area contributed by atoms with Gasteiger partial charge in [0.05, 0.1) is 5.92 Å². The molecule has 0 aliphatic rings. The van der Waals surface area contributed by atoms with Crippen LogP contribution in [0.3, 0.4) is 0 Å². The van der Waals surface area contributed by atoms with Crippen LogP contribution < -0.4 is 15.8 Å². The maximum absolute atomic E-state index is 12.0. The van der Waals surface area contributed by atoms with Gasteiger partial charge in [-0.2, -0.15) is 0 Å². The minimum atomic E-state index is -0.442. The zero-order valence-corrected chi connectivity index (χ0v) is 14.0. The number of esters is 1. The maximum atomic E-state index is 12.0. The second kappa shape index (κ2) is 8.63. The Balaban J connectivity index is 2.24. The van der Waals surface area contributed by atoms with Crippen LogP contribution in [0.5, 0.6) is 5.75 Å². The number of nitrogens with two attached hydrogens (primary N) is 1. The molecule has 1 rings (SSSR count). The van der Waals surface area contributed by atoms with Crippen molar-refractivity contribution >= 4 is 11.7 Å². The molecule has 0 heterocycles. The molecule has 1 atom stereocenters. The summed E-state index contributed by atoms with van der Waals surface area (Å²) in [6.07, 6.45) is 0.751. The van der Waals surface area contributed by atoms with E-state index in [0.29, 0.717) is 25.4 Å². The fraction of sp³-hybridized carbons (Fsp3) is 0.588. The van der Waals surface area contributed by atoms with Crippen LogP contribution in [0.15, 0.2) is 24.3 Å². The Morgan fingerprint density at radius 1 is 1.27 bits per heavy atom. The van der Waals surface area contributed by atoms with E-state index < -0.39 is 5.60 Å². The summed E-state index contributed by atoms with van der Waals surface area (Å²) >= 11 is 0. The first-order valence-corrected chi connectivity index (χ1v) is 7.73. The molecule has 0 aliphatic carbocycles. The molecule has 1 aromatic rings. The maximum Gasteiger partial charge on any atom is 0.310 e. The normalized spacial score (nSPS) is 12.7. The molecule has 0 fully saturated rings. The fourth-order valence-corrected chi connectivity index (χ4v) is 1.86. The van der Waals surface area contributed by atoms with Gasteiger partial charge in [0.2, 0.25) is 0 Å². The molecule has 5 nitrogen and oxygen atoms in total. The number of anilines is 1. The largest absolute Gasteiger partial charge is 0.492 e. The lowest BCUT2D eigenvalue weighted by Crippen LogP contribution is -2.35. The fourth-order valence-electron chi connectivity index (χ4n) is 1.86. The first-order valence-electron chi connectivity index (χ1n) is 7.73. The lowest BCUT2D eigenvalue weighted by molar-refractivity contribution is -0.159. The summed E-state index contributed by atoms with van der Waals surface area (Å²) in [6.45, 7) is 9.43. The molecular formula is C17H28N2O3. The van der Waals surface area contributed by atoms with E-state index in [1.807, 2.05) is 39.8 Å². The summed E-state index contributed by atoms with van der Waals surface area (Å²) in [4.78, 5) is 12.0. The van der Waals surface area contributed by atoms with E-state index in [2.05, 4.69) is 5.32 Å². The van der Waals surface area contributed by atoms with Gasteiger partial charge in [-0.3, -0.25) is 4.79 Å². The Kier molecular flexibility index (Phi) is 7.18. The summed E-state index contributed by atoms with van der Waals surface area (Å²) in [5.74, 6) is 0.507. The van der Waals surface area contributed by atoms with Gasteiger partial charge in [0.25, 0.3) is 0 Å². The minimum absolute atomic E-state index is 0.129. The van der Waals surface area contributed by atoms with Crippen molar-refractivity contribution in [2.45, 2.75) is 39.7 Å². The molecule has 3 N–H and O–H groups in total. The van der Waals surface area contributed by atoms with Gasteiger partial charge in [0.1, 0.15) is 18.0 Å². The molecule has 1 unspecified atom stereocenters. The predicted molar refractivity (Wildman–Crippen MR) is 88.8 cm³/mol. The Bertz CT molecular complexity index is 452. The van der Waals surface area contributed by atoms with Crippen LogP contribution in [0.4, 0.5) is 5.69 Å². The average Bonchev–Trinajstić information content (AvgIpc) is 2.42. The summed E-state index contributed by atoms with van der Waals surface area (Å²) in [5.41, 5.74) is 5.89. The molecule has 0 aliphatic heterocycles. The van der Waals surface area contributed by atoms with Crippen molar-refractivity contribution < 1.29 is 14.3 Å². The predicted octanol–water partition coefficient (Wildman–Crippen LogP) is 2.61. The third kappa shape index (κ3) is 7.31. The lowest BCUT2D eigenvalue weighted by atomic mass is 10.1. The van der Waals surface area contributed by atoms with Crippen molar-refractivity contribution in [1.82, 2.24) is 5.32 Å². The van der Waals surface area contributed by atoms with Gasteiger partial charge in [-0.25, -0.2) is 0 Å². The number of ether oxygens (including phenoxy) is 2. The van der Waals surface area contributed by atoms with E-state index in [1.54, 1.807) is 12.1 Å². The van der Waals surface area contributed by atoms with Crippen LogP contribution in [0.25, 0.3) is 0 Å². The van der Waals surface area contributed by atoms with E-state index in [-0.39, 0.29) is 11.9 Å².